The SMILES string of the molecule is CN1CC(=O)N(Cc2nc(-c3ccc(F)cc3)no2)C1=O. The predicted molar refractivity (Wildman–Crippen MR) is 68.3 cm³/mol. The zero-order valence-electron chi connectivity index (χ0n) is 11.1. The van der Waals surface area contributed by atoms with Crippen LogP contribution in [-0.2, 0) is 11.3 Å². The van der Waals surface area contributed by atoms with Gasteiger partial charge in [-0.2, -0.15) is 4.98 Å². The molecule has 2 aromatic rings. The molecule has 21 heavy (non-hydrogen) atoms. The van der Waals surface area contributed by atoms with E-state index in [1.54, 1.807) is 0 Å². The molecule has 108 valence electrons. The van der Waals surface area contributed by atoms with Gasteiger partial charge in [-0.1, -0.05) is 5.16 Å². The first-order valence-corrected chi connectivity index (χ1v) is 6.18. The van der Waals surface area contributed by atoms with Gasteiger partial charge in [0.15, 0.2) is 0 Å². The number of amides is 3. The molecular formula is C13H11FN4O3. The van der Waals surface area contributed by atoms with Gasteiger partial charge in [0, 0.05) is 12.6 Å². The van der Waals surface area contributed by atoms with Gasteiger partial charge in [-0.25, -0.2) is 9.18 Å². The molecule has 2 heterocycles. The van der Waals surface area contributed by atoms with Gasteiger partial charge in [0.2, 0.25) is 11.7 Å². The van der Waals surface area contributed by atoms with Gasteiger partial charge < -0.3 is 9.42 Å². The minimum Gasteiger partial charge on any atom is -0.337 e. The molecule has 1 saturated heterocycles. The summed E-state index contributed by atoms with van der Waals surface area (Å²) in [7, 11) is 1.54. The number of urea groups is 1. The maximum absolute atomic E-state index is 12.9. The van der Waals surface area contributed by atoms with E-state index in [9.17, 15) is 14.0 Å². The first-order chi connectivity index (χ1) is 10.0. The molecule has 1 aliphatic rings. The number of nitrogens with zero attached hydrogens (tertiary/aromatic N) is 4. The number of hydrogen-bond donors (Lipinski definition) is 0. The highest BCUT2D eigenvalue weighted by molar-refractivity contribution is 6.01. The van der Waals surface area contributed by atoms with Gasteiger partial charge in [-0.15, -0.1) is 0 Å². The summed E-state index contributed by atoms with van der Waals surface area (Å²) in [5.41, 5.74) is 0.586. The quantitative estimate of drug-likeness (QED) is 0.795. The average Bonchev–Trinajstić information content (AvgIpc) is 3.01. The van der Waals surface area contributed by atoms with Crippen molar-refractivity contribution < 1.29 is 18.5 Å². The summed E-state index contributed by atoms with van der Waals surface area (Å²) in [6.07, 6.45) is 0. The zero-order valence-corrected chi connectivity index (χ0v) is 11.1. The largest absolute Gasteiger partial charge is 0.337 e. The number of hydrogen-bond acceptors (Lipinski definition) is 5. The lowest BCUT2D eigenvalue weighted by Crippen LogP contribution is -2.31. The predicted octanol–water partition coefficient (Wildman–Crippen LogP) is 1.27. The van der Waals surface area contributed by atoms with E-state index in [0.29, 0.717) is 5.56 Å². The number of rotatable bonds is 3. The van der Waals surface area contributed by atoms with Gasteiger partial charge in [0.25, 0.3) is 5.91 Å². The molecule has 1 aromatic carbocycles. The third-order valence-corrected chi connectivity index (χ3v) is 3.09. The van der Waals surface area contributed by atoms with E-state index in [-0.39, 0.29) is 36.5 Å². The van der Waals surface area contributed by atoms with Gasteiger partial charge in [0.1, 0.15) is 18.9 Å². The van der Waals surface area contributed by atoms with Gasteiger partial charge >= 0.3 is 6.03 Å². The normalized spacial score (nSPS) is 15.1. The van der Waals surface area contributed by atoms with Crippen LogP contribution in [0.3, 0.4) is 0 Å². The Labute approximate surface area is 119 Å². The number of imide groups is 1. The monoisotopic (exact) mass is 290 g/mol. The number of halogens is 1. The lowest BCUT2D eigenvalue weighted by molar-refractivity contribution is -0.125. The van der Waals surface area contributed by atoms with E-state index >= 15 is 0 Å². The van der Waals surface area contributed by atoms with Crippen LogP contribution in [0.2, 0.25) is 0 Å². The minimum atomic E-state index is -0.401. The van der Waals surface area contributed by atoms with E-state index in [2.05, 4.69) is 10.1 Å². The second-order valence-corrected chi connectivity index (χ2v) is 4.64. The lowest BCUT2D eigenvalue weighted by atomic mass is 10.2. The highest BCUT2D eigenvalue weighted by Crippen LogP contribution is 2.18. The van der Waals surface area contributed by atoms with E-state index in [1.807, 2.05) is 0 Å². The molecule has 0 spiro atoms. The standard InChI is InChI=1S/C13H11FN4O3/c1-17-7-11(19)18(13(17)20)6-10-15-12(16-21-10)8-2-4-9(14)5-3-8/h2-5H,6-7H2,1H3. The third kappa shape index (κ3) is 2.47. The summed E-state index contributed by atoms with van der Waals surface area (Å²) in [5.74, 6) is -0.258. The number of carbonyl (C=O) groups excluding carboxylic acids is 2. The first-order valence-electron chi connectivity index (χ1n) is 6.18. The molecule has 3 rings (SSSR count). The summed E-state index contributed by atoms with van der Waals surface area (Å²) in [6, 6.07) is 5.21. The number of aromatic nitrogens is 2. The smallest absolute Gasteiger partial charge is 0.327 e. The molecule has 3 amide bonds. The van der Waals surface area contributed by atoms with Gasteiger partial charge in [0.05, 0.1) is 0 Å². The molecule has 0 bridgehead atoms. The van der Waals surface area contributed by atoms with Crippen molar-refractivity contribution in [2.24, 2.45) is 0 Å². The van der Waals surface area contributed by atoms with Crippen LogP contribution in [0.5, 0.6) is 0 Å². The van der Waals surface area contributed by atoms with E-state index in [0.717, 1.165) is 4.90 Å². The van der Waals surface area contributed by atoms with Crippen molar-refractivity contribution in [1.82, 2.24) is 19.9 Å². The van der Waals surface area contributed by atoms with Crippen LogP contribution in [0.15, 0.2) is 28.8 Å². The molecule has 0 saturated carbocycles. The Hall–Kier alpha value is -2.77. The Morgan fingerprint density at radius 2 is 2.00 bits per heavy atom. The van der Waals surface area contributed by atoms with Crippen molar-refractivity contribution in [3.8, 4) is 11.4 Å². The van der Waals surface area contributed by atoms with Crippen molar-refractivity contribution in [2.75, 3.05) is 13.6 Å². The molecule has 1 fully saturated rings. The van der Waals surface area contributed by atoms with E-state index in [4.69, 9.17) is 4.52 Å². The van der Waals surface area contributed by atoms with Crippen LogP contribution < -0.4 is 0 Å². The summed E-state index contributed by atoms with van der Waals surface area (Å²) in [5, 5.41) is 3.76. The third-order valence-electron chi connectivity index (χ3n) is 3.09. The van der Waals surface area contributed by atoms with Crippen molar-refractivity contribution in [3.05, 3.63) is 36.0 Å². The fourth-order valence-electron chi connectivity index (χ4n) is 1.99. The Kier molecular flexibility index (Phi) is 3.13. The Balaban J connectivity index is 1.78. The maximum Gasteiger partial charge on any atom is 0.327 e. The molecule has 0 N–H and O–H groups in total. The number of carbonyl (C=O) groups is 2. The summed E-state index contributed by atoms with van der Waals surface area (Å²) >= 11 is 0. The topological polar surface area (TPSA) is 79.5 Å². The van der Waals surface area contributed by atoms with E-state index < -0.39 is 6.03 Å². The van der Waals surface area contributed by atoms with E-state index in [1.165, 1.54) is 36.2 Å². The molecule has 0 radical (unpaired) electrons. The molecule has 8 heteroatoms. The zero-order chi connectivity index (χ0) is 15.0. The Morgan fingerprint density at radius 1 is 1.29 bits per heavy atom. The van der Waals surface area contributed by atoms with Crippen molar-refractivity contribution in [2.45, 2.75) is 6.54 Å². The molecule has 1 aromatic heterocycles. The average molecular weight is 290 g/mol. The minimum absolute atomic E-state index is 0.0395. The van der Waals surface area contributed by atoms with Gasteiger partial charge in [-0.05, 0) is 24.3 Å². The first kappa shape index (κ1) is 13.2. The Bertz CT molecular complexity index is 698. The second kappa shape index (κ2) is 4.97. The number of benzene rings is 1. The fraction of sp³-hybridized carbons (Fsp3) is 0.231. The van der Waals surface area contributed by atoms with Crippen LogP contribution in [0, 0.1) is 5.82 Å². The lowest BCUT2D eigenvalue weighted by Gasteiger charge is -2.10. The highest BCUT2D eigenvalue weighted by atomic mass is 19.1. The molecule has 0 atom stereocenters. The summed E-state index contributed by atoms with van der Waals surface area (Å²) < 4.78 is 17.9. The fourth-order valence-corrected chi connectivity index (χ4v) is 1.99. The maximum atomic E-state index is 12.9. The van der Waals surface area contributed by atoms with Crippen molar-refractivity contribution in [3.63, 3.8) is 0 Å². The van der Waals surface area contributed by atoms with Crippen LogP contribution in [-0.4, -0.2) is 45.5 Å². The van der Waals surface area contributed by atoms with Crippen LogP contribution in [0.4, 0.5) is 9.18 Å². The van der Waals surface area contributed by atoms with Gasteiger partial charge in [-0.3, -0.25) is 9.69 Å². The Morgan fingerprint density at radius 3 is 2.62 bits per heavy atom. The molecule has 7 nitrogen and oxygen atoms in total. The second-order valence-electron chi connectivity index (χ2n) is 4.64. The van der Waals surface area contributed by atoms with Crippen LogP contribution >= 0.6 is 0 Å². The molecular weight excluding hydrogens is 279 g/mol. The molecule has 0 aliphatic carbocycles. The number of likely N-dealkylation sites (N-methyl/N-ethyl adjacent to an activating group) is 1. The summed E-state index contributed by atoms with van der Waals surface area (Å²) in [4.78, 5) is 29.8. The van der Waals surface area contributed by atoms with Crippen LogP contribution in [0.25, 0.3) is 11.4 Å². The van der Waals surface area contributed by atoms with Crippen LogP contribution in [0.1, 0.15) is 5.89 Å². The highest BCUT2D eigenvalue weighted by Gasteiger charge is 2.34. The molecule has 1 aliphatic heterocycles. The molecule has 0 unspecified atom stereocenters. The van der Waals surface area contributed by atoms with Crippen molar-refractivity contribution in [1.29, 1.82) is 0 Å². The van der Waals surface area contributed by atoms with Crippen molar-refractivity contribution >= 4 is 11.9 Å². The summed E-state index contributed by atoms with van der Waals surface area (Å²) in [6.45, 7) is -0.0337.